The topological polar surface area (TPSA) is 47.6 Å². The van der Waals surface area contributed by atoms with Gasteiger partial charge in [0.1, 0.15) is 12.3 Å². The van der Waals surface area contributed by atoms with E-state index in [0.717, 1.165) is 5.56 Å². The molecular formula is C12H15NO3. The number of rotatable bonds is 2. The molecule has 0 amide bonds. The molecule has 1 saturated heterocycles. The fourth-order valence-electron chi connectivity index (χ4n) is 1.82. The molecule has 1 aliphatic heterocycles. The second kappa shape index (κ2) is 4.63. The third-order valence-electron chi connectivity index (χ3n) is 2.71. The molecule has 0 unspecified atom stereocenters. The molecule has 86 valence electrons. The first-order valence-electron chi connectivity index (χ1n) is 5.26. The monoisotopic (exact) mass is 221 g/mol. The highest BCUT2D eigenvalue weighted by Crippen LogP contribution is 2.25. The quantitative estimate of drug-likeness (QED) is 0.763. The SMILES string of the molecule is COC(=O)[C@H]1N[C@H](c2ccccc2)O[C@@H]1C. The van der Waals surface area contributed by atoms with Gasteiger partial charge >= 0.3 is 5.97 Å². The van der Waals surface area contributed by atoms with E-state index in [1.54, 1.807) is 0 Å². The van der Waals surface area contributed by atoms with E-state index >= 15 is 0 Å². The normalized spacial score (nSPS) is 29.0. The van der Waals surface area contributed by atoms with Crippen molar-refractivity contribution in [2.24, 2.45) is 0 Å². The fourth-order valence-corrected chi connectivity index (χ4v) is 1.82. The van der Waals surface area contributed by atoms with Crippen molar-refractivity contribution in [1.29, 1.82) is 0 Å². The van der Waals surface area contributed by atoms with Gasteiger partial charge in [-0.2, -0.15) is 0 Å². The lowest BCUT2D eigenvalue weighted by Crippen LogP contribution is -2.38. The van der Waals surface area contributed by atoms with Crippen LogP contribution in [0.15, 0.2) is 30.3 Å². The van der Waals surface area contributed by atoms with Crippen LogP contribution >= 0.6 is 0 Å². The Labute approximate surface area is 94.6 Å². The van der Waals surface area contributed by atoms with E-state index in [1.807, 2.05) is 37.3 Å². The Morgan fingerprint density at radius 1 is 1.38 bits per heavy atom. The van der Waals surface area contributed by atoms with Crippen molar-refractivity contribution in [3.8, 4) is 0 Å². The Bertz CT molecular complexity index is 366. The summed E-state index contributed by atoms with van der Waals surface area (Å²) in [5.74, 6) is -0.286. The van der Waals surface area contributed by atoms with E-state index in [0.29, 0.717) is 0 Å². The lowest BCUT2D eigenvalue weighted by molar-refractivity contribution is -0.143. The van der Waals surface area contributed by atoms with Crippen LogP contribution in [0.2, 0.25) is 0 Å². The number of carbonyl (C=O) groups is 1. The number of methoxy groups -OCH3 is 1. The minimum absolute atomic E-state index is 0.183. The predicted octanol–water partition coefficient (Wildman–Crippen LogP) is 1.24. The highest BCUT2D eigenvalue weighted by Gasteiger charge is 2.37. The molecule has 0 aromatic heterocycles. The summed E-state index contributed by atoms with van der Waals surface area (Å²) in [5, 5.41) is 3.11. The molecule has 0 radical (unpaired) electrons. The molecule has 4 nitrogen and oxygen atoms in total. The van der Waals surface area contributed by atoms with Crippen molar-refractivity contribution in [2.45, 2.75) is 25.3 Å². The Hall–Kier alpha value is -1.39. The molecule has 0 saturated carbocycles. The first-order chi connectivity index (χ1) is 7.72. The van der Waals surface area contributed by atoms with Gasteiger partial charge in [-0.25, -0.2) is 0 Å². The fraction of sp³-hybridized carbons (Fsp3) is 0.417. The summed E-state index contributed by atoms with van der Waals surface area (Å²) in [6.45, 7) is 1.86. The van der Waals surface area contributed by atoms with Gasteiger partial charge in [0.2, 0.25) is 0 Å². The van der Waals surface area contributed by atoms with Crippen molar-refractivity contribution in [1.82, 2.24) is 5.32 Å². The summed E-state index contributed by atoms with van der Waals surface area (Å²) < 4.78 is 10.4. The second-order valence-corrected chi connectivity index (χ2v) is 3.80. The summed E-state index contributed by atoms with van der Waals surface area (Å²) in [6.07, 6.45) is -0.419. The third-order valence-corrected chi connectivity index (χ3v) is 2.71. The van der Waals surface area contributed by atoms with Gasteiger partial charge in [0, 0.05) is 0 Å². The van der Waals surface area contributed by atoms with Crippen LogP contribution in [0.3, 0.4) is 0 Å². The van der Waals surface area contributed by atoms with Crippen LogP contribution in [0.5, 0.6) is 0 Å². The Kier molecular flexibility index (Phi) is 3.22. The van der Waals surface area contributed by atoms with Crippen molar-refractivity contribution in [2.75, 3.05) is 7.11 Å². The average Bonchev–Trinajstić information content (AvgIpc) is 2.71. The van der Waals surface area contributed by atoms with Crippen molar-refractivity contribution >= 4 is 5.97 Å². The maximum Gasteiger partial charge on any atom is 0.325 e. The molecule has 3 atom stereocenters. The number of carbonyl (C=O) groups excluding carboxylic acids is 1. The van der Waals surface area contributed by atoms with Crippen molar-refractivity contribution in [3.05, 3.63) is 35.9 Å². The first kappa shape index (κ1) is 11.1. The van der Waals surface area contributed by atoms with Gasteiger partial charge in [-0.1, -0.05) is 30.3 Å². The van der Waals surface area contributed by atoms with Crippen molar-refractivity contribution < 1.29 is 14.3 Å². The van der Waals surface area contributed by atoms with Crippen LogP contribution in [0.4, 0.5) is 0 Å². The molecule has 16 heavy (non-hydrogen) atoms. The molecule has 1 aliphatic rings. The second-order valence-electron chi connectivity index (χ2n) is 3.80. The standard InChI is InChI=1S/C12H15NO3/c1-8-10(12(14)15-2)13-11(16-8)9-6-4-3-5-7-9/h3-8,10-11,13H,1-2H3/t8-,10+,11+/m1/s1. The summed E-state index contributed by atoms with van der Waals surface area (Å²) in [6, 6.07) is 9.36. The van der Waals surface area contributed by atoms with E-state index in [9.17, 15) is 4.79 Å². The van der Waals surface area contributed by atoms with Crippen LogP contribution in [-0.2, 0) is 14.3 Å². The zero-order valence-corrected chi connectivity index (χ0v) is 9.34. The molecule has 4 heteroatoms. The Morgan fingerprint density at radius 3 is 2.69 bits per heavy atom. The van der Waals surface area contributed by atoms with E-state index in [-0.39, 0.29) is 18.3 Å². The molecular weight excluding hydrogens is 206 g/mol. The zero-order chi connectivity index (χ0) is 11.5. The summed E-state index contributed by atoms with van der Waals surface area (Å²) in [7, 11) is 1.38. The van der Waals surface area contributed by atoms with E-state index in [4.69, 9.17) is 9.47 Å². The molecule has 1 N–H and O–H groups in total. The predicted molar refractivity (Wildman–Crippen MR) is 58.7 cm³/mol. The largest absolute Gasteiger partial charge is 0.468 e. The van der Waals surface area contributed by atoms with Gasteiger partial charge in [0.05, 0.1) is 13.2 Å². The molecule has 0 bridgehead atoms. The number of esters is 1. The van der Waals surface area contributed by atoms with Gasteiger partial charge in [-0.05, 0) is 12.5 Å². The number of benzene rings is 1. The first-order valence-corrected chi connectivity index (χ1v) is 5.26. The van der Waals surface area contributed by atoms with Crippen LogP contribution in [0.1, 0.15) is 18.7 Å². The molecule has 1 aromatic carbocycles. The minimum atomic E-state index is -0.393. The van der Waals surface area contributed by atoms with Gasteiger partial charge in [-0.15, -0.1) is 0 Å². The van der Waals surface area contributed by atoms with E-state index in [2.05, 4.69) is 5.32 Å². The minimum Gasteiger partial charge on any atom is -0.468 e. The molecule has 0 spiro atoms. The van der Waals surface area contributed by atoms with Crippen LogP contribution in [0.25, 0.3) is 0 Å². The highest BCUT2D eigenvalue weighted by molar-refractivity contribution is 5.76. The number of hydrogen-bond donors (Lipinski definition) is 1. The summed E-state index contributed by atoms with van der Waals surface area (Å²) in [5.41, 5.74) is 1.01. The Balaban J connectivity index is 2.10. The molecule has 1 fully saturated rings. The van der Waals surface area contributed by atoms with E-state index in [1.165, 1.54) is 7.11 Å². The highest BCUT2D eigenvalue weighted by atomic mass is 16.5. The molecule has 0 aliphatic carbocycles. The molecule has 1 aromatic rings. The van der Waals surface area contributed by atoms with Gasteiger partial charge in [-0.3, -0.25) is 10.1 Å². The number of ether oxygens (including phenoxy) is 2. The zero-order valence-electron chi connectivity index (χ0n) is 9.34. The maximum absolute atomic E-state index is 11.4. The lowest BCUT2D eigenvalue weighted by Gasteiger charge is -2.10. The smallest absolute Gasteiger partial charge is 0.325 e. The van der Waals surface area contributed by atoms with Crippen LogP contribution < -0.4 is 5.32 Å². The van der Waals surface area contributed by atoms with E-state index < -0.39 is 6.04 Å². The van der Waals surface area contributed by atoms with Crippen molar-refractivity contribution in [3.63, 3.8) is 0 Å². The van der Waals surface area contributed by atoms with Gasteiger partial charge in [0.15, 0.2) is 0 Å². The lowest BCUT2D eigenvalue weighted by atomic mass is 10.2. The summed E-state index contributed by atoms with van der Waals surface area (Å²) >= 11 is 0. The number of nitrogens with one attached hydrogen (secondary N) is 1. The average molecular weight is 221 g/mol. The third kappa shape index (κ3) is 2.08. The number of hydrogen-bond acceptors (Lipinski definition) is 4. The summed E-state index contributed by atoms with van der Waals surface area (Å²) in [4.78, 5) is 11.4. The van der Waals surface area contributed by atoms with Crippen LogP contribution in [0, 0.1) is 0 Å². The van der Waals surface area contributed by atoms with Gasteiger partial charge < -0.3 is 9.47 Å². The molecule has 1 heterocycles. The molecule has 2 rings (SSSR count). The van der Waals surface area contributed by atoms with Crippen LogP contribution in [-0.4, -0.2) is 25.2 Å². The Morgan fingerprint density at radius 2 is 2.06 bits per heavy atom. The van der Waals surface area contributed by atoms with Gasteiger partial charge in [0.25, 0.3) is 0 Å². The maximum atomic E-state index is 11.4.